The molecule has 0 bridgehead atoms. The third kappa shape index (κ3) is 3.29. The number of nitrogens with zero attached hydrogens (tertiary/aromatic N) is 3. The molecule has 1 aromatic carbocycles. The Morgan fingerprint density at radius 1 is 1.07 bits per heavy atom. The summed E-state index contributed by atoms with van der Waals surface area (Å²) in [4.78, 5) is 16.8. The molecule has 7 heteroatoms. The van der Waals surface area contributed by atoms with Crippen LogP contribution in [0.3, 0.4) is 0 Å². The van der Waals surface area contributed by atoms with Crippen LogP contribution in [0.2, 0.25) is 0 Å². The van der Waals surface area contributed by atoms with E-state index in [1.54, 1.807) is 6.20 Å². The lowest BCUT2D eigenvalue weighted by molar-refractivity contribution is 0.0835. The summed E-state index contributed by atoms with van der Waals surface area (Å²) in [6.45, 7) is 0.660. The Morgan fingerprint density at radius 3 is 2.85 bits per heavy atom. The Balaban J connectivity index is 1.31. The highest BCUT2D eigenvalue weighted by atomic mass is 16.3. The van der Waals surface area contributed by atoms with E-state index >= 15 is 0 Å². The van der Waals surface area contributed by atoms with Gasteiger partial charge in [0.1, 0.15) is 17.2 Å². The minimum Gasteiger partial charge on any atom is -0.393 e. The van der Waals surface area contributed by atoms with Crippen molar-refractivity contribution in [2.45, 2.75) is 31.5 Å². The standard InChI is InChI=1S/C20H20N6O/c27-15-8-14(9-15)24-18-4-3-16-20(25-18)26-19(11-22-16)23-10-12-1-2-13-5-6-21-17(13)7-12/h1-7,11,14-15,21,27H,8-10H2,(H2,23,24,25,26). The van der Waals surface area contributed by atoms with Crippen molar-refractivity contribution in [1.29, 1.82) is 0 Å². The number of aliphatic hydroxyl groups is 1. The maximum Gasteiger partial charge on any atom is 0.182 e. The summed E-state index contributed by atoms with van der Waals surface area (Å²) in [5.74, 6) is 1.46. The van der Waals surface area contributed by atoms with Crippen molar-refractivity contribution in [3.05, 3.63) is 54.4 Å². The van der Waals surface area contributed by atoms with Crippen LogP contribution in [-0.4, -0.2) is 37.2 Å². The van der Waals surface area contributed by atoms with E-state index in [1.807, 2.05) is 18.3 Å². The van der Waals surface area contributed by atoms with Crippen LogP contribution < -0.4 is 10.6 Å². The zero-order valence-corrected chi connectivity index (χ0v) is 14.7. The molecule has 3 aromatic heterocycles. The number of anilines is 2. The van der Waals surface area contributed by atoms with Crippen molar-refractivity contribution in [3.8, 4) is 0 Å². The van der Waals surface area contributed by atoms with Crippen molar-refractivity contribution in [2.24, 2.45) is 0 Å². The molecule has 0 radical (unpaired) electrons. The van der Waals surface area contributed by atoms with Gasteiger partial charge in [-0.25, -0.2) is 15.0 Å². The minimum atomic E-state index is -0.191. The first-order valence-corrected chi connectivity index (χ1v) is 9.11. The second kappa shape index (κ2) is 6.51. The molecule has 0 aliphatic heterocycles. The van der Waals surface area contributed by atoms with E-state index in [9.17, 15) is 5.11 Å². The molecule has 3 heterocycles. The van der Waals surface area contributed by atoms with Gasteiger partial charge in [-0.05, 0) is 48.1 Å². The van der Waals surface area contributed by atoms with Crippen molar-refractivity contribution >= 4 is 33.7 Å². The summed E-state index contributed by atoms with van der Waals surface area (Å²) in [7, 11) is 0. The average molecular weight is 360 g/mol. The van der Waals surface area contributed by atoms with Gasteiger partial charge in [-0.2, -0.15) is 0 Å². The molecule has 7 nitrogen and oxygen atoms in total. The van der Waals surface area contributed by atoms with E-state index in [2.05, 4.69) is 54.8 Å². The van der Waals surface area contributed by atoms with E-state index in [0.717, 1.165) is 29.7 Å². The summed E-state index contributed by atoms with van der Waals surface area (Å²) < 4.78 is 0. The first-order valence-electron chi connectivity index (χ1n) is 9.11. The lowest BCUT2D eigenvalue weighted by atomic mass is 9.89. The third-order valence-corrected chi connectivity index (χ3v) is 4.97. The van der Waals surface area contributed by atoms with Crippen LogP contribution in [0.5, 0.6) is 0 Å². The minimum absolute atomic E-state index is 0.191. The second-order valence-corrected chi connectivity index (χ2v) is 7.01. The number of hydrogen-bond acceptors (Lipinski definition) is 6. The predicted molar refractivity (Wildman–Crippen MR) is 106 cm³/mol. The molecule has 0 atom stereocenters. The molecule has 0 spiro atoms. The van der Waals surface area contributed by atoms with Crippen LogP contribution >= 0.6 is 0 Å². The topological polar surface area (TPSA) is 98.8 Å². The summed E-state index contributed by atoms with van der Waals surface area (Å²) in [5.41, 5.74) is 3.65. The molecule has 1 fully saturated rings. The Kier molecular flexibility index (Phi) is 3.86. The number of aliphatic hydroxyl groups excluding tert-OH is 1. The van der Waals surface area contributed by atoms with Crippen LogP contribution in [0, 0.1) is 0 Å². The smallest absolute Gasteiger partial charge is 0.182 e. The molecule has 0 amide bonds. The van der Waals surface area contributed by atoms with E-state index in [1.165, 1.54) is 10.9 Å². The van der Waals surface area contributed by atoms with Gasteiger partial charge in [0.05, 0.1) is 12.3 Å². The highest BCUT2D eigenvalue weighted by Crippen LogP contribution is 2.24. The number of fused-ring (bicyclic) bond motifs is 2. The van der Waals surface area contributed by atoms with Gasteiger partial charge >= 0.3 is 0 Å². The molecule has 0 unspecified atom stereocenters. The highest BCUT2D eigenvalue weighted by molar-refractivity contribution is 5.80. The number of hydrogen-bond donors (Lipinski definition) is 4. The summed E-state index contributed by atoms with van der Waals surface area (Å²) in [5, 5.41) is 17.3. The maximum absolute atomic E-state index is 9.41. The number of aromatic amines is 1. The molecule has 4 aromatic rings. The van der Waals surface area contributed by atoms with Crippen molar-refractivity contribution in [2.75, 3.05) is 10.6 Å². The number of nitrogens with one attached hydrogen (secondary N) is 3. The van der Waals surface area contributed by atoms with Crippen LogP contribution in [0.15, 0.2) is 48.8 Å². The Hall–Kier alpha value is -3.19. The molecule has 4 N–H and O–H groups in total. The van der Waals surface area contributed by atoms with Gasteiger partial charge in [-0.1, -0.05) is 12.1 Å². The molecular formula is C20H20N6O. The lowest BCUT2D eigenvalue weighted by Gasteiger charge is -2.32. The van der Waals surface area contributed by atoms with Crippen LogP contribution in [0.25, 0.3) is 22.1 Å². The quantitative estimate of drug-likeness (QED) is 0.437. The fourth-order valence-corrected chi connectivity index (χ4v) is 3.38. The summed E-state index contributed by atoms with van der Waals surface area (Å²) in [6, 6.07) is 12.5. The molecule has 136 valence electrons. The summed E-state index contributed by atoms with van der Waals surface area (Å²) in [6.07, 6.45) is 5.00. The molecule has 1 aliphatic rings. The maximum atomic E-state index is 9.41. The van der Waals surface area contributed by atoms with Crippen molar-refractivity contribution in [3.63, 3.8) is 0 Å². The molecule has 5 rings (SSSR count). The molecule has 0 saturated heterocycles. The first-order chi connectivity index (χ1) is 13.2. The second-order valence-electron chi connectivity index (χ2n) is 7.01. The van der Waals surface area contributed by atoms with Gasteiger partial charge < -0.3 is 20.7 Å². The Morgan fingerprint density at radius 2 is 1.96 bits per heavy atom. The van der Waals surface area contributed by atoms with Gasteiger partial charge in [0.25, 0.3) is 0 Å². The fourth-order valence-electron chi connectivity index (χ4n) is 3.38. The lowest BCUT2D eigenvalue weighted by Crippen LogP contribution is -2.39. The van der Waals surface area contributed by atoms with Crippen molar-refractivity contribution in [1.82, 2.24) is 19.9 Å². The van der Waals surface area contributed by atoms with Gasteiger partial charge in [0, 0.05) is 24.3 Å². The zero-order chi connectivity index (χ0) is 18.2. The molecule has 1 saturated carbocycles. The third-order valence-electron chi connectivity index (χ3n) is 4.97. The normalized spacial score (nSPS) is 19.1. The van der Waals surface area contributed by atoms with E-state index in [-0.39, 0.29) is 12.1 Å². The summed E-state index contributed by atoms with van der Waals surface area (Å²) >= 11 is 0. The van der Waals surface area contributed by atoms with E-state index in [4.69, 9.17) is 0 Å². The molecule has 1 aliphatic carbocycles. The SMILES string of the molecule is OC1CC(Nc2ccc3ncc(NCc4ccc5cc[nH]c5c4)nc3n2)C1. The first kappa shape index (κ1) is 16.0. The van der Waals surface area contributed by atoms with Crippen LogP contribution in [0.1, 0.15) is 18.4 Å². The van der Waals surface area contributed by atoms with Crippen LogP contribution in [0.4, 0.5) is 11.6 Å². The fraction of sp³-hybridized carbons (Fsp3) is 0.250. The number of rotatable bonds is 5. The Labute approximate surface area is 155 Å². The molecule has 27 heavy (non-hydrogen) atoms. The highest BCUT2D eigenvalue weighted by Gasteiger charge is 2.27. The van der Waals surface area contributed by atoms with Gasteiger partial charge in [-0.3, -0.25) is 0 Å². The largest absolute Gasteiger partial charge is 0.393 e. The van der Waals surface area contributed by atoms with E-state index in [0.29, 0.717) is 18.0 Å². The monoisotopic (exact) mass is 360 g/mol. The number of pyridine rings is 1. The average Bonchev–Trinajstić information content (AvgIpc) is 3.12. The predicted octanol–water partition coefficient (Wildman–Crippen LogP) is 3.05. The van der Waals surface area contributed by atoms with Gasteiger partial charge in [0.15, 0.2) is 5.65 Å². The van der Waals surface area contributed by atoms with E-state index < -0.39 is 0 Å². The van der Waals surface area contributed by atoms with Gasteiger partial charge in [0.2, 0.25) is 0 Å². The van der Waals surface area contributed by atoms with Crippen LogP contribution in [-0.2, 0) is 6.54 Å². The van der Waals surface area contributed by atoms with Gasteiger partial charge in [-0.15, -0.1) is 0 Å². The molecular weight excluding hydrogens is 340 g/mol. The zero-order valence-electron chi connectivity index (χ0n) is 14.7. The Bertz CT molecular complexity index is 1100. The number of aromatic nitrogens is 4. The van der Waals surface area contributed by atoms with Crippen molar-refractivity contribution < 1.29 is 5.11 Å². The number of H-pyrrole nitrogens is 1. The number of benzene rings is 1.